The second-order valence-corrected chi connectivity index (χ2v) is 4.54. The molecule has 0 N–H and O–H groups in total. The highest BCUT2D eigenvalue weighted by Crippen LogP contribution is 2.32. The molecule has 0 aliphatic heterocycles. The van der Waals surface area contributed by atoms with Gasteiger partial charge in [0.2, 0.25) is 0 Å². The molecular weight excluding hydrogens is 180 g/mol. The molecule has 1 aromatic carbocycles. The summed E-state index contributed by atoms with van der Waals surface area (Å²) in [5, 5.41) is 0. The van der Waals surface area contributed by atoms with Gasteiger partial charge in [0.25, 0.3) is 0 Å². The third-order valence-corrected chi connectivity index (χ3v) is 3.55. The first kappa shape index (κ1) is 8.96. The lowest BCUT2D eigenvalue weighted by molar-refractivity contribution is 0.928. The largest absolute Gasteiger partial charge is 0.0836 e. The van der Waals surface area contributed by atoms with Gasteiger partial charge in [-0.15, -0.1) is 0 Å². The molecule has 0 saturated carbocycles. The molecule has 1 aromatic rings. The quantitative estimate of drug-likeness (QED) is 0.590. The van der Waals surface area contributed by atoms with Crippen LogP contribution in [0.5, 0.6) is 0 Å². The van der Waals surface area contributed by atoms with Crippen LogP contribution >= 0.6 is 0 Å². The predicted molar refractivity (Wildman–Crippen MR) is 65.9 cm³/mol. The number of allylic oxidation sites excluding steroid dienone is 2. The van der Waals surface area contributed by atoms with Crippen molar-refractivity contribution in [2.45, 2.75) is 32.6 Å². The predicted octanol–water partition coefficient (Wildman–Crippen LogP) is 3.91. The van der Waals surface area contributed by atoms with Crippen LogP contribution in [0.25, 0.3) is 12.2 Å². The summed E-state index contributed by atoms with van der Waals surface area (Å²) in [6, 6.07) is 2.36. The Morgan fingerprint density at radius 1 is 0.933 bits per heavy atom. The Labute approximate surface area is 91.3 Å². The van der Waals surface area contributed by atoms with Crippen molar-refractivity contribution in [1.82, 2.24) is 0 Å². The molecule has 3 rings (SSSR count). The molecule has 0 atom stereocenters. The average molecular weight is 196 g/mol. The number of aryl methyl sites for hydroxylation is 1. The van der Waals surface area contributed by atoms with Crippen LogP contribution in [0.3, 0.4) is 0 Å². The fraction of sp³-hybridized carbons (Fsp3) is 0.333. The van der Waals surface area contributed by atoms with E-state index in [0.717, 1.165) is 0 Å². The first-order valence-corrected chi connectivity index (χ1v) is 5.84. The van der Waals surface area contributed by atoms with E-state index in [4.69, 9.17) is 0 Å². The van der Waals surface area contributed by atoms with E-state index in [-0.39, 0.29) is 0 Å². The van der Waals surface area contributed by atoms with Crippen molar-refractivity contribution in [3.8, 4) is 0 Å². The minimum Gasteiger partial charge on any atom is -0.0836 e. The molecule has 15 heavy (non-hydrogen) atoms. The molecule has 0 spiro atoms. The molecule has 0 heteroatoms. The smallest absolute Gasteiger partial charge is 0.0187 e. The van der Waals surface area contributed by atoms with Crippen LogP contribution in [-0.4, -0.2) is 0 Å². The van der Waals surface area contributed by atoms with Crippen LogP contribution in [0.1, 0.15) is 40.7 Å². The first-order valence-electron chi connectivity index (χ1n) is 5.84. The van der Waals surface area contributed by atoms with Crippen LogP contribution in [0, 0.1) is 6.92 Å². The zero-order chi connectivity index (χ0) is 10.3. The van der Waals surface area contributed by atoms with Crippen molar-refractivity contribution in [2.24, 2.45) is 0 Å². The first-order chi connectivity index (χ1) is 7.36. The van der Waals surface area contributed by atoms with Crippen LogP contribution in [-0.2, 0) is 12.8 Å². The summed E-state index contributed by atoms with van der Waals surface area (Å²) in [5.41, 5.74) is 7.62. The van der Waals surface area contributed by atoms with E-state index < -0.39 is 0 Å². The molecule has 2 aliphatic rings. The van der Waals surface area contributed by atoms with Gasteiger partial charge in [-0.05, 0) is 60.4 Å². The number of fused-ring (bicyclic) bond motifs is 3. The van der Waals surface area contributed by atoms with E-state index in [0.29, 0.717) is 0 Å². The molecular formula is C15H16. The second kappa shape index (κ2) is 3.37. The molecule has 0 unspecified atom stereocenters. The number of benzene rings is 1. The van der Waals surface area contributed by atoms with Crippen molar-refractivity contribution < 1.29 is 0 Å². The second-order valence-electron chi connectivity index (χ2n) is 4.54. The maximum atomic E-state index is 2.36. The Balaban J connectivity index is 2.30. The number of rotatable bonds is 0. The molecule has 76 valence electrons. The number of hydrogen-bond acceptors (Lipinski definition) is 0. The standard InChI is InChI=1S/C15H16/c1-11-10-12-6-2-3-8-14(12)15-9-5-4-7-13(11)15/h2,5-6,9-10H,3-4,7-8H2,1H3. The molecule has 0 nitrogen and oxygen atoms in total. The topological polar surface area (TPSA) is 0 Å². The molecule has 0 bridgehead atoms. The van der Waals surface area contributed by atoms with Gasteiger partial charge in [-0.2, -0.15) is 0 Å². The van der Waals surface area contributed by atoms with E-state index in [1.807, 2.05) is 0 Å². The van der Waals surface area contributed by atoms with Crippen LogP contribution < -0.4 is 0 Å². The van der Waals surface area contributed by atoms with Gasteiger partial charge in [-0.25, -0.2) is 0 Å². The summed E-state index contributed by atoms with van der Waals surface area (Å²) in [6.45, 7) is 2.25. The zero-order valence-electron chi connectivity index (χ0n) is 9.22. The van der Waals surface area contributed by atoms with Gasteiger partial charge in [-0.1, -0.05) is 30.4 Å². The van der Waals surface area contributed by atoms with E-state index in [2.05, 4.69) is 37.3 Å². The third-order valence-electron chi connectivity index (χ3n) is 3.55. The van der Waals surface area contributed by atoms with E-state index in [9.17, 15) is 0 Å². The highest BCUT2D eigenvalue weighted by Gasteiger charge is 2.15. The Kier molecular flexibility index (Phi) is 2.02. The highest BCUT2D eigenvalue weighted by molar-refractivity contribution is 5.70. The van der Waals surface area contributed by atoms with Gasteiger partial charge >= 0.3 is 0 Å². The maximum Gasteiger partial charge on any atom is -0.0187 e. The Morgan fingerprint density at radius 2 is 1.67 bits per heavy atom. The van der Waals surface area contributed by atoms with E-state index >= 15 is 0 Å². The fourth-order valence-electron chi connectivity index (χ4n) is 2.79. The minimum atomic E-state index is 1.20. The SMILES string of the molecule is Cc1cc2c(c3c1CCC=C3)CCC=C2. The minimum absolute atomic E-state index is 1.20. The lowest BCUT2D eigenvalue weighted by Crippen LogP contribution is -2.06. The summed E-state index contributed by atoms with van der Waals surface area (Å²) >= 11 is 0. The molecule has 0 aromatic heterocycles. The van der Waals surface area contributed by atoms with Crippen LogP contribution in [0.15, 0.2) is 18.2 Å². The van der Waals surface area contributed by atoms with Crippen molar-refractivity contribution >= 4 is 12.2 Å². The van der Waals surface area contributed by atoms with Crippen molar-refractivity contribution in [2.75, 3.05) is 0 Å². The average Bonchev–Trinajstić information content (AvgIpc) is 2.30. The summed E-state index contributed by atoms with van der Waals surface area (Å²) in [6.07, 6.45) is 14.1. The Morgan fingerprint density at radius 3 is 2.53 bits per heavy atom. The molecule has 0 saturated heterocycles. The molecule has 0 heterocycles. The molecule has 0 amide bonds. The van der Waals surface area contributed by atoms with Crippen molar-refractivity contribution in [3.05, 3.63) is 46.0 Å². The maximum absolute atomic E-state index is 2.36. The van der Waals surface area contributed by atoms with Gasteiger partial charge in [0.15, 0.2) is 0 Å². The highest BCUT2D eigenvalue weighted by atomic mass is 14.2. The third kappa shape index (κ3) is 1.36. The lowest BCUT2D eigenvalue weighted by atomic mass is 9.83. The van der Waals surface area contributed by atoms with Crippen LogP contribution in [0.4, 0.5) is 0 Å². The van der Waals surface area contributed by atoms with E-state index in [1.165, 1.54) is 42.4 Å². The van der Waals surface area contributed by atoms with Gasteiger partial charge in [0.1, 0.15) is 0 Å². The summed E-state index contributed by atoms with van der Waals surface area (Å²) in [7, 11) is 0. The Bertz CT molecular complexity index is 461. The van der Waals surface area contributed by atoms with Gasteiger partial charge in [0, 0.05) is 0 Å². The summed E-state index contributed by atoms with van der Waals surface area (Å²) < 4.78 is 0. The number of hydrogen-bond donors (Lipinski definition) is 0. The van der Waals surface area contributed by atoms with Gasteiger partial charge in [-0.3, -0.25) is 0 Å². The molecule has 0 radical (unpaired) electrons. The van der Waals surface area contributed by atoms with Crippen molar-refractivity contribution in [1.29, 1.82) is 0 Å². The molecule has 0 fully saturated rings. The normalized spacial score (nSPS) is 17.4. The van der Waals surface area contributed by atoms with Crippen molar-refractivity contribution in [3.63, 3.8) is 0 Å². The van der Waals surface area contributed by atoms with Gasteiger partial charge in [0.05, 0.1) is 0 Å². The Hall–Kier alpha value is -1.30. The monoisotopic (exact) mass is 196 g/mol. The lowest BCUT2D eigenvalue weighted by Gasteiger charge is -2.21. The fourth-order valence-corrected chi connectivity index (χ4v) is 2.79. The summed E-state index contributed by atoms with van der Waals surface area (Å²) in [5.74, 6) is 0. The van der Waals surface area contributed by atoms with E-state index in [1.54, 1.807) is 11.1 Å². The van der Waals surface area contributed by atoms with Crippen LogP contribution in [0.2, 0.25) is 0 Å². The summed E-state index contributed by atoms with van der Waals surface area (Å²) in [4.78, 5) is 0. The van der Waals surface area contributed by atoms with Gasteiger partial charge < -0.3 is 0 Å². The zero-order valence-corrected chi connectivity index (χ0v) is 9.22. The molecule has 2 aliphatic carbocycles.